The molecule has 1 amide bonds. The minimum atomic E-state index is 0.00177. The molecule has 15 heavy (non-hydrogen) atoms. The molecule has 0 aromatic carbocycles. The van der Waals surface area contributed by atoms with E-state index in [1.807, 2.05) is 19.1 Å². The fraction of sp³-hybridized carbons (Fsp3) is 0.455. The Bertz CT molecular complexity index is 328. The predicted octanol–water partition coefficient (Wildman–Crippen LogP) is 2.74. The van der Waals surface area contributed by atoms with Crippen LogP contribution >= 0.6 is 11.6 Å². The standard InChI is InChI=1S/C11H15ClN2O/c1-9-5-4-8-13-11(9)14-10(15)6-2-3-7-12/h4-5,8H,2-3,6-7H2,1H3,(H,13,14,15). The summed E-state index contributed by atoms with van der Waals surface area (Å²) in [5.41, 5.74) is 0.975. The molecule has 1 rings (SSSR count). The van der Waals surface area contributed by atoms with E-state index >= 15 is 0 Å². The van der Waals surface area contributed by atoms with Crippen molar-refractivity contribution in [2.45, 2.75) is 26.2 Å². The molecule has 3 nitrogen and oxygen atoms in total. The SMILES string of the molecule is Cc1cccnc1NC(=O)CCCCCl. The van der Waals surface area contributed by atoms with Gasteiger partial charge in [0.2, 0.25) is 5.91 Å². The molecule has 1 aromatic rings. The first kappa shape index (κ1) is 12.0. The molecule has 82 valence electrons. The maximum Gasteiger partial charge on any atom is 0.225 e. The van der Waals surface area contributed by atoms with E-state index in [1.54, 1.807) is 6.20 Å². The topological polar surface area (TPSA) is 42.0 Å². The maximum absolute atomic E-state index is 11.4. The van der Waals surface area contributed by atoms with Crippen LogP contribution in [0.25, 0.3) is 0 Å². The number of halogens is 1. The first-order valence-electron chi connectivity index (χ1n) is 5.01. The number of nitrogens with zero attached hydrogens (tertiary/aromatic N) is 1. The van der Waals surface area contributed by atoms with Crippen LogP contribution in [0, 0.1) is 6.92 Å². The van der Waals surface area contributed by atoms with E-state index in [0.29, 0.717) is 18.1 Å². The lowest BCUT2D eigenvalue weighted by atomic mass is 10.2. The molecule has 0 unspecified atom stereocenters. The van der Waals surface area contributed by atoms with E-state index in [2.05, 4.69) is 10.3 Å². The van der Waals surface area contributed by atoms with Gasteiger partial charge in [-0.3, -0.25) is 4.79 Å². The molecular formula is C11H15ClN2O. The van der Waals surface area contributed by atoms with Gasteiger partial charge in [0.25, 0.3) is 0 Å². The average Bonchev–Trinajstić information content (AvgIpc) is 2.22. The van der Waals surface area contributed by atoms with E-state index in [0.717, 1.165) is 18.4 Å². The van der Waals surface area contributed by atoms with Gasteiger partial charge in [-0.2, -0.15) is 0 Å². The van der Waals surface area contributed by atoms with Crippen LogP contribution in [0.15, 0.2) is 18.3 Å². The lowest BCUT2D eigenvalue weighted by Crippen LogP contribution is -2.13. The molecular weight excluding hydrogens is 212 g/mol. The van der Waals surface area contributed by atoms with Crippen molar-refractivity contribution in [3.05, 3.63) is 23.9 Å². The highest BCUT2D eigenvalue weighted by Crippen LogP contribution is 2.10. The monoisotopic (exact) mass is 226 g/mol. The normalized spacial score (nSPS) is 10.0. The van der Waals surface area contributed by atoms with Gasteiger partial charge in [0, 0.05) is 18.5 Å². The number of aromatic nitrogens is 1. The highest BCUT2D eigenvalue weighted by atomic mass is 35.5. The third kappa shape index (κ3) is 4.30. The van der Waals surface area contributed by atoms with Crippen molar-refractivity contribution in [2.24, 2.45) is 0 Å². The van der Waals surface area contributed by atoms with Crippen molar-refractivity contribution < 1.29 is 4.79 Å². The molecule has 0 atom stereocenters. The van der Waals surface area contributed by atoms with Gasteiger partial charge >= 0.3 is 0 Å². The summed E-state index contributed by atoms with van der Waals surface area (Å²) >= 11 is 5.53. The molecule has 1 heterocycles. The third-order valence-corrected chi connectivity index (χ3v) is 2.32. The average molecular weight is 227 g/mol. The molecule has 0 fully saturated rings. The zero-order valence-electron chi connectivity index (χ0n) is 8.79. The largest absolute Gasteiger partial charge is 0.310 e. The Kier molecular flexibility index (Phi) is 5.12. The summed E-state index contributed by atoms with van der Waals surface area (Å²) in [6.07, 6.45) is 3.86. The van der Waals surface area contributed by atoms with E-state index in [4.69, 9.17) is 11.6 Å². The van der Waals surface area contributed by atoms with Crippen molar-refractivity contribution in [1.82, 2.24) is 4.98 Å². The van der Waals surface area contributed by atoms with Crippen molar-refractivity contribution in [1.29, 1.82) is 0 Å². The quantitative estimate of drug-likeness (QED) is 0.620. The maximum atomic E-state index is 11.4. The van der Waals surface area contributed by atoms with Crippen LogP contribution in [0.3, 0.4) is 0 Å². The number of amides is 1. The molecule has 1 N–H and O–H groups in total. The summed E-state index contributed by atoms with van der Waals surface area (Å²) in [5, 5.41) is 2.78. The highest BCUT2D eigenvalue weighted by Gasteiger charge is 2.04. The second-order valence-electron chi connectivity index (χ2n) is 3.36. The van der Waals surface area contributed by atoms with Crippen LogP contribution in [0.2, 0.25) is 0 Å². The number of unbranched alkanes of at least 4 members (excludes halogenated alkanes) is 1. The second kappa shape index (κ2) is 6.40. The number of anilines is 1. The fourth-order valence-electron chi connectivity index (χ4n) is 1.19. The molecule has 0 spiro atoms. The van der Waals surface area contributed by atoms with E-state index in [1.165, 1.54) is 0 Å². The fourth-order valence-corrected chi connectivity index (χ4v) is 1.38. The Morgan fingerprint density at radius 1 is 1.53 bits per heavy atom. The molecule has 4 heteroatoms. The Morgan fingerprint density at radius 2 is 2.33 bits per heavy atom. The zero-order valence-corrected chi connectivity index (χ0v) is 9.55. The van der Waals surface area contributed by atoms with Crippen LogP contribution in [0.4, 0.5) is 5.82 Å². The molecule has 0 aliphatic carbocycles. The predicted molar refractivity (Wildman–Crippen MR) is 62.2 cm³/mol. The molecule has 0 aliphatic heterocycles. The van der Waals surface area contributed by atoms with Gasteiger partial charge in [-0.05, 0) is 31.4 Å². The van der Waals surface area contributed by atoms with Crippen molar-refractivity contribution >= 4 is 23.3 Å². The number of nitrogens with one attached hydrogen (secondary N) is 1. The van der Waals surface area contributed by atoms with Crippen LogP contribution < -0.4 is 5.32 Å². The van der Waals surface area contributed by atoms with Gasteiger partial charge in [0.15, 0.2) is 0 Å². The van der Waals surface area contributed by atoms with Crippen LogP contribution in [-0.2, 0) is 4.79 Å². The first-order valence-corrected chi connectivity index (χ1v) is 5.55. The first-order chi connectivity index (χ1) is 7.24. The Hall–Kier alpha value is -1.09. The van der Waals surface area contributed by atoms with Crippen LogP contribution in [0.1, 0.15) is 24.8 Å². The molecule has 1 aromatic heterocycles. The number of hydrogen-bond acceptors (Lipinski definition) is 2. The lowest BCUT2D eigenvalue weighted by Gasteiger charge is -2.06. The number of carbonyl (C=O) groups is 1. The van der Waals surface area contributed by atoms with Crippen LogP contribution in [-0.4, -0.2) is 16.8 Å². The van der Waals surface area contributed by atoms with Crippen molar-refractivity contribution in [3.8, 4) is 0 Å². The smallest absolute Gasteiger partial charge is 0.225 e. The van der Waals surface area contributed by atoms with Gasteiger partial charge < -0.3 is 5.32 Å². The Labute approximate surface area is 94.9 Å². The molecule has 0 saturated heterocycles. The summed E-state index contributed by atoms with van der Waals surface area (Å²) in [5.74, 6) is 1.26. The molecule has 0 aliphatic rings. The van der Waals surface area contributed by atoms with Gasteiger partial charge in [-0.1, -0.05) is 6.07 Å². The van der Waals surface area contributed by atoms with E-state index in [-0.39, 0.29) is 5.91 Å². The number of alkyl halides is 1. The number of aryl methyl sites for hydroxylation is 1. The molecule has 0 radical (unpaired) electrons. The van der Waals surface area contributed by atoms with Gasteiger partial charge in [-0.25, -0.2) is 4.98 Å². The van der Waals surface area contributed by atoms with E-state index < -0.39 is 0 Å². The van der Waals surface area contributed by atoms with Gasteiger partial charge in [0.05, 0.1) is 0 Å². The zero-order chi connectivity index (χ0) is 11.1. The summed E-state index contributed by atoms with van der Waals surface area (Å²) < 4.78 is 0. The second-order valence-corrected chi connectivity index (χ2v) is 3.74. The van der Waals surface area contributed by atoms with E-state index in [9.17, 15) is 4.79 Å². The van der Waals surface area contributed by atoms with Crippen molar-refractivity contribution in [2.75, 3.05) is 11.2 Å². The molecule has 0 saturated carbocycles. The number of carbonyl (C=O) groups excluding carboxylic acids is 1. The summed E-state index contributed by atoms with van der Waals surface area (Å²) in [4.78, 5) is 15.5. The third-order valence-electron chi connectivity index (χ3n) is 2.05. The summed E-state index contributed by atoms with van der Waals surface area (Å²) in [6, 6.07) is 3.76. The highest BCUT2D eigenvalue weighted by molar-refractivity contribution is 6.17. The minimum absolute atomic E-state index is 0.00177. The lowest BCUT2D eigenvalue weighted by molar-refractivity contribution is -0.116. The minimum Gasteiger partial charge on any atom is -0.310 e. The Balaban J connectivity index is 2.41. The number of pyridine rings is 1. The Morgan fingerprint density at radius 3 is 3.00 bits per heavy atom. The number of hydrogen-bond donors (Lipinski definition) is 1. The summed E-state index contributed by atoms with van der Waals surface area (Å²) in [7, 11) is 0. The number of rotatable bonds is 5. The summed E-state index contributed by atoms with van der Waals surface area (Å²) in [6.45, 7) is 1.92. The molecule has 0 bridgehead atoms. The van der Waals surface area contributed by atoms with Crippen LogP contribution in [0.5, 0.6) is 0 Å². The van der Waals surface area contributed by atoms with Gasteiger partial charge in [-0.15, -0.1) is 11.6 Å². The van der Waals surface area contributed by atoms with Gasteiger partial charge in [0.1, 0.15) is 5.82 Å². The van der Waals surface area contributed by atoms with Crippen molar-refractivity contribution in [3.63, 3.8) is 0 Å².